The van der Waals surface area contributed by atoms with Crippen LogP contribution < -0.4 is 0 Å². The average molecular weight is 218 g/mol. The van der Waals surface area contributed by atoms with Gasteiger partial charge in [0.1, 0.15) is 0 Å². The highest BCUT2D eigenvalue weighted by molar-refractivity contribution is 6.68. The number of allylic oxidation sites excluding steroid dienone is 1. The van der Waals surface area contributed by atoms with Crippen molar-refractivity contribution in [2.45, 2.75) is 34.1 Å². The van der Waals surface area contributed by atoms with Crippen LogP contribution in [-0.2, 0) is 13.3 Å². The molecular weight excluding hydrogens is 196 g/mol. The Hall–Kier alpha value is -0.163. The quantitative estimate of drug-likeness (QED) is 0.586. The van der Waals surface area contributed by atoms with Crippen LogP contribution in [0.2, 0.25) is 0 Å². The second-order valence-corrected chi connectivity index (χ2v) is 5.50. The summed E-state index contributed by atoms with van der Waals surface area (Å²) >= 11 is 0. The van der Waals surface area contributed by atoms with Gasteiger partial charge in [0.05, 0.1) is 0 Å². The Bertz CT molecular complexity index is 154. The Balaban J connectivity index is 4.62. The SMILES string of the molecule is C=C(CC)[Si](OCC)(OCC)OCC. The van der Waals surface area contributed by atoms with Gasteiger partial charge in [-0.25, -0.2) is 0 Å². The first-order valence-electron chi connectivity index (χ1n) is 5.26. The normalized spacial score (nSPS) is 11.7. The van der Waals surface area contributed by atoms with Gasteiger partial charge >= 0.3 is 8.80 Å². The second-order valence-electron chi connectivity index (χ2n) is 2.81. The van der Waals surface area contributed by atoms with Crippen LogP contribution in [-0.4, -0.2) is 28.6 Å². The lowest BCUT2D eigenvalue weighted by Gasteiger charge is -2.29. The van der Waals surface area contributed by atoms with E-state index in [2.05, 4.69) is 6.58 Å². The average Bonchev–Trinajstić information content (AvgIpc) is 2.17. The molecule has 0 heterocycles. The van der Waals surface area contributed by atoms with Crippen molar-refractivity contribution < 1.29 is 13.3 Å². The summed E-state index contributed by atoms with van der Waals surface area (Å²) in [5.74, 6) is 0. The largest absolute Gasteiger partial charge is 0.532 e. The molecule has 0 aromatic heterocycles. The standard InChI is InChI=1S/C10H22O3Si/c1-6-10(5)14(11-7-2,12-8-3)13-9-4/h5-9H2,1-4H3. The molecule has 0 saturated carbocycles. The minimum absolute atomic E-state index is 0.602. The van der Waals surface area contributed by atoms with E-state index < -0.39 is 8.80 Å². The predicted octanol–water partition coefficient (Wildman–Crippen LogP) is 2.54. The molecule has 3 nitrogen and oxygen atoms in total. The van der Waals surface area contributed by atoms with Crippen LogP contribution in [0.25, 0.3) is 0 Å². The van der Waals surface area contributed by atoms with Crippen LogP contribution in [0.3, 0.4) is 0 Å². The molecule has 0 bridgehead atoms. The molecule has 0 aliphatic carbocycles. The monoisotopic (exact) mass is 218 g/mol. The molecule has 0 aliphatic rings. The van der Waals surface area contributed by atoms with E-state index >= 15 is 0 Å². The lowest BCUT2D eigenvalue weighted by molar-refractivity contribution is 0.0801. The van der Waals surface area contributed by atoms with E-state index in [0.717, 1.165) is 11.6 Å². The van der Waals surface area contributed by atoms with Gasteiger partial charge in [0.15, 0.2) is 0 Å². The van der Waals surface area contributed by atoms with Crippen LogP contribution >= 0.6 is 0 Å². The molecule has 84 valence electrons. The number of hydrogen-bond donors (Lipinski definition) is 0. The summed E-state index contributed by atoms with van der Waals surface area (Å²) in [5.41, 5.74) is 0. The molecule has 0 saturated heterocycles. The summed E-state index contributed by atoms with van der Waals surface area (Å²) in [5, 5.41) is 0.961. The molecule has 14 heavy (non-hydrogen) atoms. The fourth-order valence-corrected chi connectivity index (χ4v) is 3.65. The Morgan fingerprint density at radius 1 is 0.929 bits per heavy atom. The summed E-state index contributed by atoms with van der Waals surface area (Å²) in [6, 6.07) is 0. The maximum atomic E-state index is 5.66. The van der Waals surface area contributed by atoms with Crippen LogP contribution in [0.1, 0.15) is 34.1 Å². The molecule has 0 aromatic carbocycles. The van der Waals surface area contributed by atoms with Gasteiger partial charge in [-0.2, -0.15) is 0 Å². The molecule has 0 spiro atoms. The number of rotatable bonds is 8. The fourth-order valence-electron chi connectivity index (χ4n) is 1.22. The second kappa shape index (κ2) is 7.17. The van der Waals surface area contributed by atoms with Crippen LogP contribution in [0.15, 0.2) is 11.8 Å². The highest BCUT2D eigenvalue weighted by Gasteiger charge is 2.43. The first-order chi connectivity index (χ1) is 6.66. The van der Waals surface area contributed by atoms with Crippen LogP contribution in [0, 0.1) is 0 Å². The lowest BCUT2D eigenvalue weighted by atomic mass is 10.5. The van der Waals surface area contributed by atoms with Gasteiger partial charge in [0.2, 0.25) is 0 Å². The van der Waals surface area contributed by atoms with E-state index in [4.69, 9.17) is 13.3 Å². The Labute approximate surface area is 88.4 Å². The van der Waals surface area contributed by atoms with Gasteiger partial charge in [-0.05, 0) is 32.4 Å². The number of hydrogen-bond acceptors (Lipinski definition) is 3. The molecule has 0 fully saturated rings. The smallest absolute Gasteiger partial charge is 0.371 e. The van der Waals surface area contributed by atoms with Gasteiger partial charge in [-0.3, -0.25) is 0 Å². The van der Waals surface area contributed by atoms with Gasteiger partial charge < -0.3 is 13.3 Å². The molecule has 0 aromatic rings. The predicted molar refractivity (Wildman–Crippen MR) is 60.1 cm³/mol. The van der Waals surface area contributed by atoms with Crippen LogP contribution in [0.4, 0.5) is 0 Å². The van der Waals surface area contributed by atoms with E-state index in [0.29, 0.717) is 19.8 Å². The molecular formula is C10H22O3Si. The lowest BCUT2D eigenvalue weighted by Crippen LogP contribution is -2.48. The zero-order chi connectivity index (χ0) is 11.0. The molecule has 0 atom stereocenters. The van der Waals surface area contributed by atoms with Gasteiger partial charge in [0, 0.05) is 19.8 Å². The summed E-state index contributed by atoms with van der Waals surface area (Å²) in [6.07, 6.45) is 0.840. The Morgan fingerprint density at radius 2 is 1.29 bits per heavy atom. The first-order valence-corrected chi connectivity index (χ1v) is 6.99. The summed E-state index contributed by atoms with van der Waals surface area (Å²) < 4.78 is 17.0. The third-order valence-electron chi connectivity index (χ3n) is 1.86. The zero-order valence-corrected chi connectivity index (χ0v) is 10.8. The molecule has 0 unspecified atom stereocenters. The van der Waals surface area contributed by atoms with Gasteiger partial charge in [-0.1, -0.05) is 13.5 Å². The van der Waals surface area contributed by atoms with Crippen molar-refractivity contribution in [3.8, 4) is 0 Å². The highest BCUT2D eigenvalue weighted by Crippen LogP contribution is 2.21. The van der Waals surface area contributed by atoms with Crippen molar-refractivity contribution in [3.63, 3.8) is 0 Å². The van der Waals surface area contributed by atoms with Crippen molar-refractivity contribution >= 4 is 8.80 Å². The van der Waals surface area contributed by atoms with E-state index in [1.54, 1.807) is 0 Å². The maximum Gasteiger partial charge on any atom is 0.532 e. The minimum Gasteiger partial charge on any atom is -0.371 e. The molecule has 0 N–H and O–H groups in total. The zero-order valence-electron chi connectivity index (χ0n) is 9.76. The Kier molecular flexibility index (Phi) is 7.09. The van der Waals surface area contributed by atoms with Crippen LogP contribution in [0.5, 0.6) is 0 Å². The fraction of sp³-hybridized carbons (Fsp3) is 0.800. The van der Waals surface area contributed by atoms with Gasteiger partial charge in [0.25, 0.3) is 0 Å². The van der Waals surface area contributed by atoms with Crippen molar-refractivity contribution in [1.29, 1.82) is 0 Å². The summed E-state index contributed by atoms with van der Waals surface area (Å²) in [7, 11) is -2.59. The molecule has 0 rings (SSSR count). The summed E-state index contributed by atoms with van der Waals surface area (Å²) in [6.45, 7) is 13.7. The highest BCUT2D eigenvalue weighted by atomic mass is 28.4. The first kappa shape index (κ1) is 13.8. The third kappa shape index (κ3) is 3.53. The van der Waals surface area contributed by atoms with Crippen molar-refractivity contribution in [2.75, 3.05) is 19.8 Å². The van der Waals surface area contributed by atoms with E-state index in [-0.39, 0.29) is 0 Å². The third-order valence-corrected chi connectivity index (χ3v) is 5.09. The molecule has 0 radical (unpaired) electrons. The topological polar surface area (TPSA) is 27.7 Å². The van der Waals surface area contributed by atoms with E-state index in [1.165, 1.54) is 0 Å². The van der Waals surface area contributed by atoms with E-state index in [9.17, 15) is 0 Å². The van der Waals surface area contributed by atoms with Crippen molar-refractivity contribution in [3.05, 3.63) is 11.8 Å². The van der Waals surface area contributed by atoms with Crippen molar-refractivity contribution in [1.82, 2.24) is 0 Å². The summed E-state index contributed by atoms with van der Waals surface area (Å²) in [4.78, 5) is 0. The molecule has 0 aliphatic heterocycles. The minimum atomic E-state index is -2.59. The van der Waals surface area contributed by atoms with E-state index in [1.807, 2.05) is 27.7 Å². The maximum absolute atomic E-state index is 5.66. The molecule has 4 heteroatoms. The van der Waals surface area contributed by atoms with Crippen molar-refractivity contribution in [2.24, 2.45) is 0 Å². The van der Waals surface area contributed by atoms with Gasteiger partial charge in [-0.15, -0.1) is 0 Å². The molecule has 0 amide bonds. The Morgan fingerprint density at radius 3 is 1.50 bits per heavy atom.